The molecule has 0 aliphatic carbocycles. The average Bonchev–Trinajstić information content (AvgIpc) is 2.14. The van der Waals surface area contributed by atoms with Crippen LogP contribution in [-0.2, 0) is 4.79 Å². The van der Waals surface area contributed by atoms with Crippen LogP contribution in [0.15, 0.2) is 0 Å². The standard InChI is InChI=1S/C12H24O/c1-4-6-7-8-11(3)9-12(5-2)10-13/h10-12H,4-9H2,1-3H3. The topological polar surface area (TPSA) is 17.1 Å². The molecule has 0 bridgehead atoms. The van der Waals surface area contributed by atoms with E-state index in [0.717, 1.165) is 25.0 Å². The minimum atomic E-state index is 0.302. The molecule has 2 atom stereocenters. The van der Waals surface area contributed by atoms with Crippen molar-refractivity contribution in [1.82, 2.24) is 0 Å². The van der Waals surface area contributed by atoms with Crippen LogP contribution < -0.4 is 0 Å². The van der Waals surface area contributed by atoms with Crippen molar-refractivity contribution in [3.8, 4) is 0 Å². The number of rotatable bonds is 8. The Balaban J connectivity index is 3.47. The molecule has 0 aliphatic rings. The lowest BCUT2D eigenvalue weighted by Gasteiger charge is -2.14. The molecule has 0 fully saturated rings. The zero-order chi connectivity index (χ0) is 10.1. The molecule has 1 nitrogen and oxygen atoms in total. The van der Waals surface area contributed by atoms with Gasteiger partial charge < -0.3 is 4.79 Å². The Labute approximate surface area is 82.9 Å². The highest BCUT2D eigenvalue weighted by Crippen LogP contribution is 2.19. The normalized spacial score (nSPS) is 15.3. The highest BCUT2D eigenvalue weighted by Gasteiger charge is 2.09. The van der Waals surface area contributed by atoms with E-state index in [0.29, 0.717) is 5.92 Å². The van der Waals surface area contributed by atoms with Crippen molar-refractivity contribution < 1.29 is 4.79 Å². The molecule has 0 aromatic carbocycles. The smallest absolute Gasteiger partial charge is 0.123 e. The van der Waals surface area contributed by atoms with Gasteiger partial charge in [-0.1, -0.05) is 46.5 Å². The lowest BCUT2D eigenvalue weighted by molar-refractivity contribution is -0.111. The third kappa shape index (κ3) is 6.80. The minimum absolute atomic E-state index is 0.302. The first-order chi connectivity index (χ1) is 6.24. The van der Waals surface area contributed by atoms with E-state index in [2.05, 4.69) is 20.8 Å². The van der Waals surface area contributed by atoms with E-state index < -0.39 is 0 Å². The van der Waals surface area contributed by atoms with Crippen molar-refractivity contribution in [3.63, 3.8) is 0 Å². The van der Waals surface area contributed by atoms with E-state index in [4.69, 9.17) is 0 Å². The highest BCUT2D eigenvalue weighted by molar-refractivity contribution is 5.53. The van der Waals surface area contributed by atoms with Crippen molar-refractivity contribution in [1.29, 1.82) is 0 Å². The summed E-state index contributed by atoms with van der Waals surface area (Å²) in [4.78, 5) is 10.6. The summed E-state index contributed by atoms with van der Waals surface area (Å²) >= 11 is 0. The van der Waals surface area contributed by atoms with E-state index in [1.165, 1.54) is 25.7 Å². The molecule has 0 aliphatic heterocycles. The summed E-state index contributed by atoms with van der Waals surface area (Å²) in [6.45, 7) is 6.59. The minimum Gasteiger partial charge on any atom is -0.303 e. The lowest BCUT2D eigenvalue weighted by atomic mass is 9.91. The Morgan fingerprint density at radius 3 is 2.38 bits per heavy atom. The van der Waals surface area contributed by atoms with Gasteiger partial charge in [-0.05, 0) is 18.8 Å². The fourth-order valence-electron chi connectivity index (χ4n) is 1.70. The summed E-state index contributed by atoms with van der Waals surface area (Å²) in [6, 6.07) is 0. The predicted octanol–water partition coefficient (Wildman–Crippen LogP) is 3.82. The fourth-order valence-corrected chi connectivity index (χ4v) is 1.70. The zero-order valence-corrected chi connectivity index (χ0v) is 9.38. The zero-order valence-electron chi connectivity index (χ0n) is 9.38. The Kier molecular flexibility index (Phi) is 8.07. The van der Waals surface area contributed by atoms with Crippen molar-refractivity contribution in [2.45, 2.75) is 59.3 Å². The van der Waals surface area contributed by atoms with Crippen molar-refractivity contribution in [3.05, 3.63) is 0 Å². The van der Waals surface area contributed by atoms with Crippen LogP contribution in [0.4, 0.5) is 0 Å². The number of hydrogen-bond donors (Lipinski definition) is 0. The monoisotopic (exact) mass is 184 g/mol. The van der Waals surface area contributed by atoms with E-state index in [1.807, 2.05) is 0 Å². The molecule has 0 N–H and O–H groups in total. The molecular weight excluding hydrogens is 160 g/mol. The van der Waals surface area contributed by atoms with Gasteiger partial charge in [0, 0.05) is 5.92 Å². The SMILES string of the molecule is CCCCCC(C)CC(C=O)CC. The molecule has 0 aromatic rings. The molecule has 0 radical (unpaired) electrons. The maximum absolute atomic E-state index is 10.6. The van der Waals surface area contributed by atoms with Crippen LogP contribution in [0, 0.1) is 11.8 Å². The molecule has 13 heavy (non-hydrogen) atoms. The fraction of sp³-hybridized carbons (Fsp3) is 0.917. The van der Waals surface area contributed by atoms with Gasteiger partial charge >= 0.3 is 0 Å². The highest BCUT2D eigenvalue weighted by atomic mass is 16.1. The van der Waals surface area contributed by atoms with Gasteiger partial charge in [-0.15, -0.1) is 0 Å². The van der Waals surface area contributed by atoms with Crippen molar-refractivity contribution in [2.24, 2.45) is 11.8 Å². The molecule has 0 aromatic heterocycles. The molecule has 0 saturated carbocycles. The first-order valence-corrected chi connectivity index (χ1v) is 5.69. The Hall–Kier alpha value is -0.330. The van der Waals surface area contributed by atoms with E-state index in [-0.39, 0.29) is 0 Å². The quantitative estimate of drug-likeness (QED) is 0.414. The molecule has 0 heterocycles. The van der Waals surface area contributed by atoms with Crippen LogP contribution in [-0.4, -0.2) is 6.29 Å². The maximum Gasteiger partial charge on any atom is 0.123 e. The van der Waals surface area contributed by atoms with E-state index >= 15 is 0 Å². The summed E-state index contributed by atoms with van der Waals surface area (Å²) < 4.78 is 0. The number of unbranched alkanes of at least 4 members (excludes halogenated alkanes) is 2. The van der Waals surface area contributed by atoms with E-state index in [9.17, 15) is 4.79 Å². The van der Waals surface area contributed by atoms with E-state index in [1.54, 1.807) is 0 Å². The van der Waals surface area contributed by atoms with Gasteiger partial charge in [-0.25, -0.2) is 0 Å². The molecule has 2 unspecified atom stereocenters. The number of aldehydes is 1. The number of hydrogen-bond acceptors (Lipinski definition) is 1. The van der Waals surface area contributed by atoms with Crippen LogP contribution in [0.25, 0.3) is 0 Å². The van der Waals surface area contributed by atoms with Gasteiger partial charge in [0.25, 0.3) is 0 Å². The second-order valence-corrected chi connectivity index (χ2v) is 4.14. The second kappa shape index (κ2) is 8.28. The molecule has 0 spiro atoms. The molecule has 0 rings (SSSR count). The summed E-state index contributed by atoms with van der Waals surface area (Å²) in [6.07, 6.45) is 8.45. The lowest BCUT2D eigenvalue weighted by Crippen LogP contribution is -2.06. The van der Waals surface area contributed by atoms with Gasteiger partial charge in [-0.2, -0.15) is 0 Å². The van der Waals surface area contributed by atoms with Gasteiger partial charge in [-0.3, -0.25) is 0 Å². The first-order valence-electron chi connectivity index (χ1n) is 5.69. The van der Waals surface area contributed by atoms with Gasteiger partial charge in [0.2, 0.25) is 0 Å². The molecule has 0 saturated heterocycles. The maximum atomic E-state index is 10.6. The number of carbonyl (C=O) groups excluding carboxylic acids is 1. The van der Waals surface area contributed by atoms with Gasteiger partial charge in [0.15, 0.2) is 0 Å². The van der Waals surface area contributed by atoms with Crippen molar-refractivity contribution in [2.75, 3.05) is 0 Å². The molecule has 1 heteroatoms. The summed E-state index contributed by atoms with van der Waals surface area (Å²) in [7, 11) is 0. The van der Waals surface area contributed by atoms with Crippen LogP contribution in [0.5, 0.6) is 0 Å². The predicted molar refractivity (Wildman–Crippen MR) is 57.8 cm³/mol. The van der Waals surface area contributed by atoms with Gasteiger partial charge in [0.05, 0.1) is 0 Å². The average molecular weight is 184 g/mol. The van der Waals surface area contributed by atoms with Gasteiger partial charge in [0.1, 0.15) is 6.29 Å². The van der Waals surface area contributed by atoms with Crippen LogP contribution >= 0.6 is 0 Å². The Bertz CT molecular complexity index is 120. The summed E-state index contributed by atoms with van der Waals surface area (Å²) in [5.74, 6) is 1.03. The summed E-state index contributed by atoms with van der Waals surface area (Å²) in [5, 5.41) is 0. The Morgan fingerprint density at radius 1 is 1.23 bits per heavy atom. The Morgan fingerprint density at radius 2 is 1.92 bits per heavy atom. The molecular formula is C12H24O. The third-order valence-corrected chi connectivity index (χ3v) is 2.72. The molecule has 78 valence electrons. The molecule has 0 amide bonds. The third-order valence-electron chi connectivity index (χ3n) is 2.72. The van der Waals surface area contributed by atoms with Crippen molar-refractivity contribution >= 4 is 6.29 Å². The van der Waals surface area contributed by atoms with Crippen LogP contribution in [0.1, 0.15) is 59.3 Å². The van der Waals surface area contributed by atoms with Crippen LogP contribution in [0.2, 0.25) is 0 Å². The number of carbonyl (C=O) groups is 1. The largest absolute Gasteiger partial charge is 0.303 e. The second-order valence-electron chi connectivity index (χ2n) is 4.14. The summed E-state index contributed by atoms with van der Waals surface area (Å²) in [5.41, 5.74) is 0. The first kappa shape index (κ1) is 12.7. The van der Waals surface area contributed by atoms with Crippen LogP contribution in [0.3, 0.4) is 0 Å².